The van der Waals surface area contributed by atoms with Gasteiger partial charge in [-0.05, 0) is 42.5 Å². The first kappa shape index (κ1) is 30.6. The number of cyclic esters (lactones) is 1. The molecule has 0 spiro atoms. The van der Waals surface area contributed by atoms with Crippen LogP contribution in [0.2, 0.25) is 0 Å². The number of ether oxygens (including phenoxy) is 2. The van der Waals surface area contributed by atoms with Crippen molar-refractivity contribution in [2.75, 3.05) is 13.3 Å². The van der Waals surface area contributed by atoms with Crippen molar-refractivity contribution in [3.05, 3.63) is 62.2 Å². The van der Waals surface area contributed by atoms with E-state index in [1.54, 1.807) is 6.92 Å². The van der Waals surface area contributed by atoms with E-state index in [1.165, 1.54) is 16.7 Å². The summed E-state index contributed by atoms with van der Waals surface area (Å²) < 4.78 is 67.5. The van der Waals surface area contributed by atoms with Crippen LogP contribution in [0.3, 0.4) is 0 Å². The van der Waals surface area contributed by atoms with Gasteiger partial charge in [-0.15, -0.1) is 0 Å². The highest BCUT2D eigenvalue weighted by Crippen LogP contribution is 2.45. The fourth-order valence-corrected chi connectivity index (χ4v) is 6.31. The Morgan fingerprint density at radius 3 is 2.71 bits per heavy atom. The molecule has 1 unspecified atom stereocenters. The van der Waals surface area contributed by atoms with E-state index < -0.39 is 66.4 Å². The zero-order valence-corrected chi connectivity index (χ0v) is 23.7. The van der Waals surface area contributed by atoms with Gasteiger partial charge in [0.05, 0.1) is 41.6 Å². The monoisotopic (exact) mass is 633 g/mol. The lowest BCUT2D eigenvalue weighted by Gasteiger charge is -2.31. The van der Waals surface area contributed by atoms with E-state index >= 15 is 0 Å². The highest BCUT2D eigenvalue weighted by atomic mass is 19.4. The second-order valence-electron chi connectivity index (χ2n) is 11.1. The van der Waals surface area contributed by atoms with Crippen LogP contribution in [0.5, 0.6) is 0 Å². The van der Waals surface area contributed by atoms with Crippen LogP contribution in [0, 0.1) is 5.82 Å². The molecule has 1 aliphatic carbocycles. The number of nitrogens with one attached hydrogen (secondary N) is 2. The van der Waals surface area contributed by atoms with Gasteiger partial charge in [0, 0.05) is 22.6 Å². The van der Waals surface area contributed by atoms with Gasteiger partial charge in [0.15, 0.2) is 5.60 Å². The quantitative estimate of drug-likeness (QED) is 0.133. The van der Waals surface area contributed by atoms with Crippen molar-refractivity contribution >= 4 is 28.7 Å². The summed E-state index contributed by atoms with van der Waals surface area (Å²) >= 11 is 0. The summed E-state index contributed by atoms with van der Waals surface area (Å²) in [6.45, 7) is -0.331. The zero-order valence-electron chi connectivity index (χ0n) is 23.7. The summed E-state index contributed by atoms with van der Waals surface area (Å²) in [5.74, 6) is -3.83. The molecular weight excluding hydrogens is 606 g/mol. The number of hydrogen-bond acceptors (Lipinski definition) is 9. The van der Waals surface area contributed by atoms with E-state index in [1.807, 2.05) is 5.32 Å². The number of aryl methyl sites for hydroxylation is 1. The number of pyridine rings is 2. The van der Waals surface area contributed by atoms with Crippen molar-refractivity contribution in [2.45, 2.75) is 63.3 Å². The van der Waals surface area contributed by atoms with Crippen LogP contribution in [0.1, 0.15) is 53.6 Å². The number of hydrogen-bond donors (Lipinski definition) is 4. The van der Waals surface area contributed by atoms with Gasteiger partial charge in [-0.2, -0.15) is 13.2 Å². The van der Waals surface area contributed by atoms with Crippen molar-refractivity contribution in [2.24, 2.45) is 5.73 Å². The molecule has 1 aromatic carbocycles. The van der Waals surface area contributed by atoms with E-state index in [0.29, 0.717) is 22.1 Å². The summed E-state index contributed by atoms with van der Waals surface area (Å²) in [7, 11) is 0. The Balaban J connectivity index is 1.46. The van der Waals surface area contributed by atoms with Gasteiger partial charge in [0.2, 0.25) is 12.0 Å². The van der Waals surface area contributed by atoms with Gasteiger partial charge in [-0.3, -0.25) is 14.4 Å². The molecule has 0 saturated carbocycles. The van der Waals surface area contributed by atoms with E-state index in [2.05, 4.69) is 10.3 Å². The third-order valence-corrected chi connectivity index (χ3v) is 8.49. The van der Waals surface area contributed by atoms with Gasteiger partial charge in [-0.1, -0.05) is 6.92 Å². The van der Waals surface area contributed by atoms with Crippen molar-refractivity contribution in [1.29, 1.82) is 0 Å². The van der Waals surface area contributed by atoms with Crippen molar-refractivity contribution in [1.82, 2.24) is 20.2 Å². The van der Waals surface area contributed by atoms with Crippen LogP contribution >= 0.6 is 0 Å². The number of fused-ring (bicyclic) bond motifs is 5. The SMILES string of the molecule is CC[C@@]1(O)C(=O)OCc2c1cc1n(c2=O)Cc2c-1nc1cc(F)cc3c1c2[C@@H](NC(=O)C(OCNC(=O)CN)C(F)(F)F)CC3. The molecule has 3 aliphatic rings. The zero-order chi connectivity index (χ0) is 32.4. The fourth-order valence-electron chi connectivity index (χ4n) is 6.31. The summed E-state index contributed by atoms with van der Waals surface area (Å²) in [5.41, 5.74) is 4.45. The maximum absolute atomic E-state index is 14.7. The van der Waals surface area contributed by atoms with Crippen LogP contribution in [0.15, 0.2) is 23.0 Å². The van der Waals surface area contributed by atoms with Gasteiger partial charge in [0.1, 0.15) is 19.2 Å². The second-order valence-corrected chi connectivity index (χ2v) is 11.1. The maximum Gasteiger partial charge on any atom is 0.423 e. The second kappa shape index (κ2) is 10.9. The Morgan fingerprint density at radius 2 is 2.02 bits per heavy atom. The van der Waals surface area contributed by atoms with Crippen LogP contribution in [0.4, 0.5) is 17.6 Å². The molecule has 2 amide bonds. The third kappa shape index (κ3) is 4.92. The van der Waals surface area contributed by atoms with Crippen molar-refractivity contribution in [3.63, 3.8) is 0 Å². The highest BCUT2D eigenvalue weighted by molar-refractivity contribution is 5.93. The smallest absolute Gasteiger partial charge is 0.423 e. The standard InChI is InChI=1S/C29H27F4N5O7/c1-2-28(43)16-7-19-23-14(9-38(19)26(41)15(16)10-44-27(28)42)22-17(4-3-12-5-13(30)6-18(36-23)21(12)22)37-25(40)24(29(31,32)33)45-11-35-20(39)8-34/h5-7,17,24,43H,2-4,8-11,34H2,1H3,(H,35,39)(H,37,40)/t17-,24?,28-/m0/s1. The van der Waals surface area contributed by atoms with Crippen LogP contribution in [-0.4, -0.2) is 58.0 Å². The molecule has 5 N–H and O–H groups in total. The Kier molecular flexibility index (Phi) is 7.41. The normalized spacial score (nSPS) is 20.6. The predicted octanol–water partition coefficient (Wildman–Crippen LogP) is 1.30. The lowest BCUT2D eigenvalue weighted by atomic mass is 9.83. The Morgan fingerprint density at radius 1 is 1.27 bits per heavy atom. The number of aromatic nitrogens is 2. The van der Waals surface area contributed by atoms with Crippen LogP contribution in [0.25, 0.3) is 22.3 Å². The summed E-state index contributed by atoms with van der Waals surface area (Å²) in [6.07, 6.45) is -7.89. The third-order valence-electron chi connectivity index (χ3n) is 8.49. The summed E-state index contributed by atoms with van der Waals surface area (Å²) in [5, 5.41) is 16.0. The van der Waals surface area contributed by atoms with Gasteiger partial charge < -0.3 is 35.5 Å². The minimum Gasteiger partial charge on any atom is -0.458 e. The molecular formula is C29H27F4N5O7. The molecule has 16 heteroatoms. The molecule has 0 saturated heterocycles. The first-order valence-electron chi connectivity index (χ1n) is 14.1. The number of benzene rings is 1. The Labute approximate surface area is 251 Å². The van der Waals surface area contributed by atoms with Crippen molar-refractivity contribution < 1.29 is 46.5 Å². The number of halogens is 4. The van der Waals surface area contributed by atoms with E-state index in [0.717, 1.165) is 6.07 Å². The lowest BCUT2D eigenvalue weighted by Crippen LogP contribution is -2.49. The van der Waals surface area contributed by atoms with Gasteiger partial charge in [-0.25, -0.2) is 14.2 Å². The molecule has 2 aliphatic heterocycles. The number of nitrogens with two attached hydrogens (primary N) is 1. The van der Waals surface area contributed by atoms with E-state index in [4.69, 9.17) is 15.2 Å². The predicted molar refractivity (Wildman–Crippen MR) is 147 cm³/mol. The lowest BCUT2D eigenvalue weighted by molar-refractivity contribution is -0.220. The number of alkyl halides is 3. The maximum atomic E-state index is 14.7. The fraction of sp³-hybridized carbons (Fsp3) is 0.414. The number of amides is 2. The number of carbonyl (C=O) groups excluding carboxylic acids is 3. The molecule has 0 fully saturated rings. The molecule has 2 aromatic heterocycles. The minimum atomic E-state index is -5.14. The van der Waals surface area contributed by atoms with Crippen LogP contribution < -0.4 is 21.9 Å². The molecule has 6 rings (SSSR count). The molecule has 3 atom stereocenters. The average molecular weight is 634 g/mol. The largest absolute Gasteiger partial charge is 0.458 e. The van der Waals surface area contributed by atoms with Gasteiger partial charge in [0.25, 0.3) is 11.5 Å². The number of nitrogens with zero attached hydrogens (tertiary/aromatic N) is 2. The first-order valence-corrected chi connectivity index (χ1v) is 14.1. The number of rotatable bonds is 7. The van der Waals surface area contributed by atoms with E-state index in [-0.39, 0.29) is 60.4 Å². The molecule has 3 aromatic rings. The molecule has 238 valence electrons. The van der Waals surface area contributed by atoms with Gasteiger partial charge >= 0.3 is 12.1 Å². The van der Waals surface area contributed by atoms with Crippen molar-refractivity contribution in [3.8, 4) is 11.4 Å². The van der Waals surface area contributed by atoms with E-state index in [9.17, 15) is 41.8 Å². The molecule has 0 radical (unpaired) electrons. The molecule has 4 heterocycles. The summed E-state index contributed by atoms with van der Waals surface area (Å²) in [6, 6.07) is 2.86. The molecule has 12 nitrogen and oxygen atoms in total. The minimum absolute atomic E-state index is 0.0533. The molecule has 0 bridgehead atoms. The highest BCUT2D eigenvalue weighted by Gasteiger charge is 2.48. The van der Waals surface area contributed by atoms with Crippen LogP contribution in [-0.2, 0) is 49.0 Å². The summed E-state index contributed by atoms with van der Waals surface area (Å²) in [4.78, 5) is 55.2. The average Bonchev–Trinajstić information content (AvgIpc) is 3.36. The Bertz CT molecular complexity index is 1840. The number of esters is 1. The Hall–Kier alpha value is -4.41. The number of aliphatic hydroxyl groups is 1. The topological polar surface area (TPSA) is 175 Å². The molecule has 45 heavy (non-hydrogen) atoms. The first-order chi connectivity index (χ1) is 21.3. The number of carbonyl (C=O) groups is 3.